The molecule has 84 valence electrons. The molecule has 15 heavy (non-hydrogen) atoms. The van der Waals surface area contributed by atoms with Crippen molar-refractivity contribution in [3.63, 3.8) is 0 Å². The lowest BCUT2D eigenvalue weighted by atomic mass is 10.4. The number of nitrogens with one attached hydrogen (secondary N) is 1. The molecule has 0 radical (unpaired) electrons. The summed E-state index contributed by atoms with van der Waals surface area (Å²) in [5, 5.41) is 3.26. The molecule has 1 heterocycles. The van der Waals surface area contributed by atoms with Crippen LogP contribution in [-0.4, -0.2) is 35.4 Å². The average molecular weight is 248 g/mol. The first-order valence-electron chi connectivity index (χ1n) is 4.79. The van der Waals surface area contributed by atoms with Crippen molar-refractivity contribution in [2.45, 2.75) is 13.8 Å². The third-order valence-electron chi connectivity index (χ3n) is 1.99. The molecule has 0 bridgehead atoms. The number of carbonyl (C=O) groups is 1. The van der Waals surface area contributed by atoms with Crippen molar-refractivity contribution in [2.24, 2.45) is 0 Å². The van der Waals surface area contributed by atoms with Crippen molar-refractivity contribution in [3.05, 3.63) is 10.5 Å². The Balaban J connectivity index is 2.42. The van der Waals surface area contributed by atoms with Gasteiger partial charge < -0.3 is 5.32 Å². The smallest absolute Gasteiger partial charge is 0.240 e. The van der Waals surface area contributed by atoms with Crippen LogP contribution in [0, 0.1) is 0 Å². The van der Waals surface area contributed by atoms with Crippen LogP contribution in [0.5, 0.6) is 0 Å². The SMILES string of the molecule is CCN(CC)CC(=O)Nc1ncc(Cl)s1. The van der Waals surface area contributed by atoms with Gasteiger partial charge in [-0.1, -0.05) is 36.8 Å². The molecule has 0 saturated carbocycles. The van der Waals surface area contributed by atoms with Crippen LogP contribution in [0.3, 0.4) is 0 Å². The van der Waals surface area contributed by atoms with E-state index in [1.165, 1.54) is 17.5 Å². The number of anilines is 1. The third kappa shape index (κ3) is 4.15. The lowest BCUT2D eigenvalue weighted by molar-refractivity contribution is -0.117. The van der Waals surface area contributed by atoms with Crippen LogP contribution in [0.1, 0.15) is 13.8 Å². The second-order valence-corrected chi connectivity index (χ2v) is 4.64. The number of rotatable bonds is 5. The van der Waals surface area contributed by atoms with Crippen molar-refractivity contribution in [2.75, 3.05) is 25.0 Å². The quantitative estimate of drug-likeness (QED) is 0.867. The number of halogens is 1. The number of hydrogen-bond donors (Lipinski definition) is 1. The molecule has 0 atom stereocenters. The van der Waals surface area contributed by atoms with Gasteiger partial charge in [-0.3, -0.25) is 9.69 Å². The molecule has 0 saturated heterocycles. The van der Waals surface area contributed by atoms with E-state index in [9.17, 15) is 4.79 Å². The van der Waals surface area contributed by atoms with E-state index in [4.69, 9.17) is 11.6 Å². The van der Waals surface area contributed by atoms with E-state index in [-0.39, 0.29) is 5.91 Å². The van der Waals surface area contributed by atoms with Crippen molar-refractivity contribution in [1.82, 2.24) is 9.88 Å². The molecule has 0 spiro atoms. The molecule has 4 nitrogen and oxygen atoms in total. The van der Waals surface area contributed by atoms with Crippen LogP contribution in [0.15, 0.2) is 6.20 Å². The first-order chi connectivity index (χ1) is 7.15. The normalized spacial score (nSPS) is 10.7. The van der Waals surface area contributed by atoms with Gasteiger partial charge in [0.2, 0.25) is 5.91 Å². The minimum absolute atomic E-state index is 0.0512. The molecule has 1 amide bonds. The maximum atomic E-state index is 11.5. The van der Waals surface area contributed by atoms with Gasteiger partial charge in [-0.05, 0) is 13.1 Å². The number of nitrogens with zero attached hydrogens (tertiary/aromatic N) is 2. The van der Waals surface area contributed by atoms with Crippen LogP contribution < -0.4 is 5.32 Å². The van der Waals surface area contributed by atoms with Crippen molar-refractivity contribution in [1.29, 1.82) is 0 Å². The zero-order valence-electron chi connectivity index (χ0n) is 8.79. The largest absolute Gasteiger partial charge is 0.301 e. The lowest BCUT2D eigenvalue weighted by Gasteiger charge is -2.16. The van der Waals surface area contributed by atoms with Crippen molar-refractivity contribution in [3.8, 4) is 0 Å². The van der Waals surface area contributed by atoms with Crippen LogP contribution in [0.25, 0.3) is 0 Å². The van der Waals surface area contributed by atoms with Gasteiger partial charge in [0.1, 0.15) is 4.34 Å². The molecule has 6 heteroatoms. The molecule has 0 aliphatic carbocycles. The molecule has 0 aliphatic rings. The highest BCUT2D eigenvalue weighted by molar-refractivity contribution is 7.19. The highest BCUT2D eigenvalue weighted by atomic mass is 35.5. The summed E-state index contributed by atoms with van der Waals surface area (Å²) >= 11 is 6.96. The van der Waals surface area contributed by atoms with Crippen molar-refractivity contribution >= 4 is 34.0 Å². The van der Waals surface area contributed by atoms with Gasteiger partial charge in [-0.15, -0.1) is 0 Å². The molecule has 0 aliphatic heterocycles. The van der Waals surface area contributed by atoms with E-state index < -0.39 is 0 Å². The molecule has 1 aromatic heterocycles. The van der Waals surface area contributed by atoms with E-state index in [0.717, 1.165) is 13.1 Å². The number of carbonyl (C=O) groups excluding carboxylic acids is 1. The Bertz CT molecular complexity index is 325. The number of hydrogen-bond acceptors (Lipinski definition) is 4. The van der Waals surface area contributed by atoms with Gasteiger partial charge in [-0.2, -0.15) is 0 Å². The van der Waals surface area contributed by atoms with E-state index in [2.05, 4.69) is 10.3 Å². The standard InChI is InChI=1S/C9H14ClN3OS/c1-3-13(4-2)6-8(14)12-9-11-5-7(10)15-9/h5H,3-4,6H2,1-2H3,(H,11,12,14). The fourth-order valence-electron chi connectivity index (χ4n) is 1.12. The lowest BCUT2D eigenvalue weighted by Crippen LogP contribution is -2.32. The van der Waals surface area contributed by atoms with E-state index >= 15 is 0 Å². The topological polar surface area (TPSA) is 45.2 Å². The Kier molecular flexibility index (Phi) is 5.01. The van der Waals surface area contributed by atoms with Gasteiger partial charge in [0.15, 0.2) is 5.13 Å². The van der Waals surface area contributed by atoms with Crippen molar-refractivity contribution < 1.29 is 4.79 Å². The van der Waals surface area contributed by atoms with Gasteiger partial charge >= 0.3 is 0 Å². The second-order valence-electron chi connectivity index (χ2n) is 2.98. The Morgan fingerprint density at radius 3 is 2.73 bits per heavy atom. The van der Waals surface area contributed by atoms with Gasteiger partial charge in [-0.25, -0.2) is 4.98 Å². The summed E-state index contributed by atoms with van der Waals surface area (Å²) in [5.41, 5.74) is 0. The molecule has 1 N–H and O–H groups in total. The van der Waals surface area contributed by atoms with E-state index in [0.29, 0.717) is 16.0 Å². The molecular weight excluding hydrogens is 234 g/mol. The summed E-state index contributed by atoms with van der Waals surface area (Å²) < 4.78 is 0.577. The molecule has 0 aromatic carbocycles. The highest BCUT2D eigenvalue weighted by Gasteiger charge is 2.09. The number of aromatic nitrogens is 1. The van der Waals surface area contributed by atoms with Gasteiger partial charge in [0.25, 0.3) is 0 Å². The summed E-state index contributed by atoms with van der Waals surface area (Å²) in [6.45, 7) is 6.17. The fraction of sp³-hybridized carbons (Fsp3) is 0.556. The van der Waals surface area contributed by atoms with E-state index in [1.54, 1.807) is 0 Å². The summed E-state index contributed by atoms with van der Waals surface area (Å²) in [6.07, 6.45) is 1.53. The summed E-state index contributed by atoms with van der Waals surface area (Å²) in [5.74, 6) is -0.0512. The molecule has 1 rings (SSSR count). The summed E-state index contributed by atoms with van der Waals surface area (Å²) in [4.78, 5) is 17.5. The molecule has 0 unspecified atom stereocenters. The first-order valence-corrected chi connectivity index (χ1v) is 5.98. The Labute approximate surface area is 98.3 Å². The third-order valence-corrected chi connectivity index (χ3v) is 3.02. The maximum absolute atomic E-state index is 11.5. The van der Waals surface area contributed by atoms with Crippen LogP contribution in [0.4, 0.5) is 5.13 Å². The van der Waals surface area contributed by atoms with E-state index in [1.807, 2.05) is 18.7 Å². The number of likely N-dealkylation sites (N-methyl/N-ethyl adjacent to an activating group) is 1. The first kappa shape index (κ1) is 12.4. The molecule has 0 fully saturated rings. The number of amides is 1. The Morgan fingerprint density at radius 1 is 1.60 bits per heavy atom. The Hall–Kier alpha value is -0.650. The van der Waals surface area contributed by atoms with Crippen LogP contribution in [0.2, 0.25) is 4.34 Å². The minimum Gasteiger partial charge on any atom is -0.301 e. The average Bonchev–Trinajstić information content (AvgIpc) is 2.60. The molecular formula is C9H14ClN3OS. The maximum Gasteiger partial charge on any atom is 0.240 e. The highest BCUT2D eigenvalue weighted by Crippen LogP contribution is 2.22. The zero-order chi connectivity index (χ0) is 11.3. The predicted molar refractivity (Wildman–Crippen MR) is 63.5 cm³/mol. The molecule has 1 aromatic rings. The van der Waals surface area contributed by atoms with Crippen LogP contribution >= 0.6 is 22.9 Å². The van der Waals surface area contributed by atoms with Crippen LogP contribution in [-0.2, 0) is 4.79 Å². The number of thiazole rings is 1. The zero-order valence-corrected chi connectivity index (χ0v) is 10.4. The summed E-state index contributed by atoms with van der Waals surface area (Å²) in [6, 6.07) is 0. The van der Waals surface area contributed by atoms with Gasteiger partial charge in [0, 0.05) is 0 Å². The monoisotopic (exact) mass is 247 g/mol. The minimum atomic E-state index is -0.0512. The Morgan fingerprint density at radius 2 is 2.27 bits per heavy atom. The fourth-order valence-corrected chi connectivity index (χ4v) is 1.95. The summed E-state index contributed by atoms with van der Waals surface area (Å²) in [7, 11) is 0. The van der Waals surface area contributed by atoms with Gasteiger partial charge in [0.05, 0.1) is 12.7 Å². The second kappa shape index (κ2) is 6.05. The predicted octanol–water partition coefficient (Wildman–Crippen LogP) is 2.08.